The molecule has 1 saturated carbocycles. The van der Waals surface area contributed by atoms with Gasteiger partial charge in [-0.25, -0.2) is 0 Å². The molecule has 3 heteroatoms. The summed E-state index contributed by atoms with van der Waals surface area (Å²) in [6.07, 6.45) is 10.9. The highest BCUT2D eigenvalue weighted by molar-refractivity contribution is 4.95. The molecule has 1 aliphatic carbocycles. The molecule has 1 saturated heterocycles. The first-order chi connectivity index (χ1) is 8.35. The van der Waals surface area contributed by atoms with E-state index in [2.05, 4.69) is 10.6 Å². The van der Waals surface area contributed by atoms with Crippen molar-refractivity contribution in [2.75, 3.05) is 26.8 Å². The molecule has 3 nitrogen and oxygen atoms in total. The van der Waals surface area contributed by atoms with Crippen molar-refractivity contribution in [1.82, 2.24) is 10.6 Å². The molecule has 2 rings (SSSR count). The van der Waals surface area contributed by atoms with Gasteiger partial charge in [-0.1, -0.05) is 25.7 Å². The molecule has 0 spiro atoms. The van der Waals surface area contributed by atoms with Crippen LogP contribution in [0.1, 0.15) is 51.4 Å². The van der Waals surface area contributed by atoms with Crippen molar-refractivity contribution in [3.63, 3.8) is 0 Å². The molecule has 0 bridgehead atoms. The molecule has 1 unspecified atom stereocenters. The van der Waals surface area contributed by atoms with Gasteiger partial charge in [0.05, 0.1) is 12.1 Å². The van der Waals surface area contributed by atoms with Crippen molar-refractivity contribution in [3.8, 4) is 0 Å². The Kier molecular flexibility index (Phi) is 5.26. The maximum Gasteiger partial charge on any atom is 0.0656 e. The van der Waals surface area contributed by atoms with Crippen molar-refractivity contribution in [1.29, 1.82) is 0 Å². The van der Waals surface area contributed by atoms with Crippen molar-refractivity contribution in [2.45, 2.75) is 62.9 Å². The minimum atomic E-state index is 0.209. The van der Waals surface area contributed by atoms with Crippen LogP contribution in [0.4, 0.5) is 0 Å². The maximum atomic E-state index is 5.39. The lowest BCUT2D eigenvalue weighted by Crippen LogP contribution is -2.53. The van der Waals surface area contributed by atoms with Gasteiger partial charge in [0.25, 0.3) is 0 Å². The quantitative estimate of drug-likeness (QED) is 0.722. The average molecular weight is 240 g/mol. The number of hydrogen-bond donors (Lipinski definition) is 2. The molecule has 1 aliphatic heterocycles. The largest absolute Gasteiger partial charge is 0.383 e. The third-order valence-corrected chi connectivity index (χ3v) is 4.34. The van der Waals surface area contributed by atoms with Crippen LogP contribution in [0.2, 0.25) is 0 Å². The monoisotopic (exact) mass is 240 g/mol. The highest BCUT2D eigenvalue weighted by Crippen LogP contribution is 2.21. The summed E-state index contributed by atoms with van der Waals surface area (Å²) in [4.78, 5) is 0. The third kappa shape index (κ3) is 3.94. The Morgan fingerprint density at radius 1 is 1.18 bits per heavy atom. The first-order valence-corrected chi connectivity index (χ1v) is 7.32. The van der Waals surface area contributed by atoms with E-state index in [1.54, 1.807) is 0 Å². The number of ether oxygens (including phenoxy) is 1. The molecule has 0 aromatic rings. The highest BCUT2D eigenvalue weighted by Gasteiger charge is 2.33. The summed E-state index contributed by atoms with van der Waals surface area (Å²) in [6, 6.07) is 0.744. The van der Waals surface area contributed by atoms with Crippen molar-refractivity contribution < 1.29 is 4.74 Å². The molecule has 1 atom stereocenters. The zero-order chi connectivity index (χ0) is 12.0. The highest BCUT2D eigenvalue weighted by atomic mass is 16.5. The fourth-order valence-corrected chi connectivity index (χ4v) is 3.29. The molecule has 0 aromatic carbocycles. The van der Waals surface area contributed by atoms with Crippen LogP contribution in [-0.2, 0) is 4.74 Å². The average Bonchev–Trinajstić information content (AvgIpc) is 2.64. The van der Waals surface area contributed by atoms with Crippen LogP contribution in [0.5, 0.6) is 0 Å². The van der Waals surface area contributed by atoms with E-state index in [0.717, 1.165) is 25.7 Å². The van der Waals surface area contributed by atoms with E-state index in [4.69, 9.17) is 4.74 Å². The van der Waals surface area contributed by atoms with Crippen LogP contribution in [-0.4, -0.2) is 38.4 Å². The molecule has 2 aliphatic rings. The van der Waals surface area contributed by atoms with Crippen molar-refractivity contribution in [2.24, 2.45) is 0 Å². The SMILES string of the molecule is COCC1(CNC2CCCCCC2)CCCN1. The third-order valence-electron chi connectivity index (χ3n) is 4.34. The van der Waals surface area contributed by atoms with E-state index in [-0.39, 0.29) is 5.54 Å². The molecule has 1 heterocycles. The predicted octanol–water partition coefficient (Wildman–Crippen LogP) is 2.07. The summed E-state index contributed by atoms with van der Waals surface area (Å²) in [5.41, 5.74) is 0.209. The molecule has 0 aromatic heterocycles. The van der Waals surface area contributed by atoms with Crippen molar-refractivity contribution >= 4 is 0 Å². The summed E-state index contributed by atoms with van der Waals surface area (Å²) >= 11 is 0. The van der Waals surface area contributed by atoms with Gasteiger partial charge in [0.2, 0.25) is 0 Å². The first kappa shape index (κ1) is 13.3. The van der Waals surface area contributed by atoms with E-state index < -0.39 is 0 Å². The van der Waals surface area contributed by atoms with Crippen LogP contribution in [0.3, 0.4) is 0 Å². The van der Waals surface area contributed by atoms with Gasteiger partial charge >= 0.3 is 0 Å². The Hall–Kier alpha value is -0.120. The standard InChI is InChI=1S/C14H28N2O/c1-17-12-14(9-6-10-16-14)11-15-13-7-4-2-3-5-8-13/h13,15-16H,2-12H2,1H3. The number of rotatable bonds is 5. The van der Waals surface area contributed by atoms with Gasteiger partial charge in [-0.15, -0.1) is 0 Å². The Labute approximate surface area is 106 Å². The lowest BCUT2D eigenvalue weighted by atomic mass is 9.97. The van der Waals surface area contributed by atoms with Crippen LogP contribution in [0.15, 0.2) is 0 Å². The topological polar surface area (TPSA) is 33.3 Å². The van der Waals surface area contributed by atoms with Crippen LogP contribution >= 0.6 is 0 Å². The smallest absolute Gasteiger partial charge is 0.0656 e. The fraction of sp³-hybridized carbons (Fsp3) is 1.00. The Morgan fingerprint density at radius 3 is 2.53 bits per heavy atom. The van der Waals surface area contributed by atoms with Gasteiger partial charge in [-0.2, -0.15) is 0 Å². The Balaban J connectivity index is 1.77. The maximum absolute atomic E-state index is 5.39. The van der Waals surface area contributed by atoms with Crippen LogP contribution in [0, 0.1) is 0 Å². The zero-order valence-electron chi connectivity index (χ0n) is 11.3. The second kappa shape index (κ2) is 6.72. The number of methoxy groups -OCH3 is 1. The van der Waals surface area contributed by atoms with Gasteiger partial charge < -0.3 is 15.4 Å². The van der Waals surface area contributed by atoms with Gasteiger partial charge in [-0.05, 0) is 32.2 Å². The minimum absolute atomic E-state index is 0.209. The van der Waals surface area contributed by atoms with Gasteiger partial charge in [-0.3, -0.25) is 0 Å². The number of nitrogens with one attached hydrogen (secondary N) is 2. The Morgan fingerprint density at radius 2 is 1.94 bits per heavy atom. The van der Waals surface area contributed by atoms with E-state index in [1.165, 1.54) is 51.4 Å². The fourth-order valence-electron chi connectivity index (χ4n) is 3.29. The second-order valence-corrected chi connectivity index (χ2v) is 5.81. The Bertz CT molecular complexity index is 206. The molecule has 2 N–H and O–H groups in total. The van der Waals surface area contributed by atoms with E-state index in [9.17, 15) is 0 Å². The van der Waals surface area contributed by atoms with Crippen molar-refractivity contribution in [3.05, 3.63) is 0 Å². The molecule has 2 fully saturated rings. The van der Waals surface area contributed by atoms with Gasteiger partial charge in [0.15, 0.2) is 0 Å². The molecular weight excluding hydrogens is 212 g/mol. The molecule has 17 heavy (non-hydrogen) atoms. The normalized spacial score (nSPS) is 31.6. The molecule has 0 amide bonds. The summed E-state index contributed by atoms with van der Waals surface area (Å²) in [5, 5.41) is 7.43. The van der Waals surface area contributed by atoms with E-state index >= 15 is 0 Å². The zero-order valence-corrected chi connectivity index (χ0v) is 11.3. The second-order valence-electron chi connectivity index (χ2n) is 5.81. The van der Waals surface area contributed by atoms with Crippen LogP contribution < -0.4 is 10.6 Å². The predicted molar refractivity (Wildman–Crippen MR) is 71.3 cm³/mol. The summed E-state index contributed by atoms with van der Waals surface area (Å²) in [7, 11) is 1.81. The van der Waals surface area contributed by atoms with Gasteiger partial charge in [0.1, 0.15) is 0 Å². The van der Waals surface area contributed by atoms with Gasteiger partial charge in [0, 0.05) is 19.7 Å². The molecule has 100 valence electrons. The van der Waals surface area contributed by atoms with E-state index in [0.29, 0.717) is 0 Å². The minimum Gasteiger partial charge on any atom is -0.383 e. The van der Waals surface area contributed by atoms with E-state index in [1.807, 2.05) is 7.11 Å². The summed E-state index contributed by atoms with van der Waals surface area (Å²) in [6.45, 7) is 3.06. The number of hydrogen-bond acceptors (Lipinski definition) is 3. The molecular formula is C14H28N2O. The summed E-state index contributed by atoms with van der Waals surface area (Å²) in [5.74, 6) is 0. The first-order valence-electron chi connectivity index (χ1n) is 7.32. The molecule has 0 radical (unpaired) electrons. The lowest BCUT2D eigenvalue weighted by Gasteiger charge is -2.31. The van der Waals surface area contributed by atoms with Crippen LogP contribution in [0.25, 0.3) is 0 Å². The lowest BCUT2D eigenvalue weighted by molar-refractivity contribution is 0.116. The summed E-state index contributed by atoms with van der Waals surface area (Å²) < 4.78 is 5.39.